The van der Waals surface area contributed by atoms with E-state index in [-0.39, 0.29) is 16.4 Å². The fourth-order valence-electron chi connectivity index (χ4n) is 2.19. The van der Waals surface area contributed by atoms with Crippen LogP contribution in [0.15, 0.2) is 11.0 Å². The maximum Gasteiger partial charge on any atom is 0.261 e. The van der Waals surface area contributed by atoms with Gasteiger partial charge in [0.05, 0.1) is 15.4 Å². The van der Waals surface area contributed by atoms with Crippen LogP contribution in [-0.4, -0.2) is 33.1 Å². The molecule has 2 rings (SSSR count). The summed E-state index contributed by atoms with van der Waals surface area (Å²) in [6.45, 7) is 4.70. The molecule has 0 aliphatic carbocycles. The minimum Gasteiger partial charge on any atom is -0.373 e. The number of carbonyl (C=O) groups excluding carboxylic acids is 1. The summed E-state index contributed by atoms with van der Waals surface area (Å²) in [4.78, 5) is 12.9. The maximum absolute atomic E-state index is 12.0. The molecule has 0 spiro atoms. The molecule has 112 valence electrons. The quantitative estimate of drug-likeness (QED) is 0.865. The van der Waals surface area contributed by atoms with Crippen molar-refractivity contribution in [1.29, 1.82) is 0 Å². The molecule has 0 radical (unpaired) electrons. The number of nitrogens with two attached hydrogens (primary N) is 1. The summed E-state index contributed by atoms with van der Waals surface area (Å²) in [5, 5.41) is 7.88. The third-order valence-corrected chi connectivity index (χ3v) is 5.54. The van der Waals surface area contributed by atoms with Crippen molar-refractivity contribution in [1.82, 2.24) is 5.32 Å². The molecule has 0 saturated carbocycles. The molecule has 1 unspecified atom stereocenters. The third kappa shape index (κ3) is 3.38. The van der Waals surface area contributed by atoms with Gasteiger partial charge in [0.2, 0.25) is 10.0 Å². The molecule has 1 aliphatic heterocycles. The largest absolute Gasteiger partial charge is 0.373 e. The fraction of sp³-hybridized carbons (Fsp3) is 0.583. The predicted octanol–water partition coefficient (Wildman–Crippen LogP) is 1.00. The average molecular weight is 318 g/mol. The molecular weight excluding hydrogens is 300 g/mol. The van der Waals surface area contributed by atoms with E-state index in [9.17, 15) is 13.2 Å². The summed E-state index contributed by atoms with van der Waals surface area (Å²) in [6, 6.07) is 1.32. The molecule has 1 aromatic rings. The second-order valence-electron chi connectivity index (χ2n) is 5.16. The van der Waals surface area contributed by atoms with E-state index in [1.54, 1.807) is 6.92 Å². The van der Waals surface area contributed by atoms with Crippen LogP contribution in [0.1, 0.15) is 34.3 Å². The van der Waals surface area contributed by atoms with Gasteiger partial charge in [-0.1, -0.05) is 0 Å². The van der Waals surface area contributed by atoms with Crippen LogP contribution in [0.4, 0.5) is 0 Å². The number of aryl methyl sites for hydroxylation is 1. The first-order valence-electron chi connectivity index (χ1n) is 6.27. The molecule has 0 aromatic carbocycles. The van der Waals surface area contributed by atoms with Crippen LogP contribution in [0.2, 0.25) is 0 Å². The summed E-state index contributed by atoms with van der Waals surface area (Å²) in [6.07, 6.45) is 1.89. The molecule has 1 fully saturated rings. The van der Waals surface area contributed by atoms with E-state index >= 15 is 0 Å². The minimum atomic E-state index is -3.78. The SMILES string of the molecule is Cc1sc(C(=O)NCC2(C)CCCO2)cc1S(N)(=O)=O. The van der Waals surface area contributed by atoms with Crippen LogP contribution in [0.25, 0.3) is 0 Å². The highest BCUT2D eigenvalue weighted by Crippen LogP contribution is 2.26. The third-order valence-electron chi connectivity index (χ3n) is 3.33. The summed E-state index contributed by atoms with van der Waals surface area (Å²) < 4.78 is 28.3. The van der Waals surface area contributed by atoms with Gasteiger partial charge < -0.3 is 10.1 Å². The number of ether oxygens (including phenoxy) is 1. The second kappa shape index (κ2) is 5.44. The van der Waals surface area contributed by atoms with Crippen molar-refractivity contribution < 1.29 is 17.9 Å². The van der Waals surface area contributed by atoms with Crippen molar-refractivity contribution in [3.63, 3.8) is 0 Å². The Kier molecular flexibility index (Phi) is 4.19. The number of thiophene rings is 1. The van der Waals surface area contributed by atoms with Gasteiger partial charge in [0.25, 0.3) is 5.91 Å². The van der Waals surface area contributed by atoms with Gasteiger partial charge in [-0.25, -0.2) is 13.6 Å². The van der Waals surface area contributed by atoms with Crippen LogP contribution < -0.4 is 10.5 Å². The molecule has 1 saturated heterocycles. The minimum absolute atomic E-state index is 0.0102. The maximum atomic E-state index is 12.0. The lowest BCUT2D eigenvalue weighted by molar-refractivity contribution is 0.0206. The van der Waals surface area contributed by atoms with Crippen molar-refractivity contribution in [3.8, 4) is 0 Å². The van der Waals surface area contributed by atoms with E-state index < -0.39 is 10.0 Å². The van der Waals surface area contributed by atoms with Crippen LogP contribution in [0, 0.1) is 6.92 Å². The number of amides is 1. The summed E-state index contributed by atoms with van der Waals surface area (Å²) >= 11 is 1.12. The van der Waals surface area contributed by atoms with Crippen LogP contribution in [-0.2, 0) is 14.8 Å². The second-order valence-corrected chi connectivity index (χ2v) is 7.95. The zero-order valence-corrected chi connectivity index (χ0v) is 13.1. The lowest BCUT2D eigenvalue weighted by atomic mass is 10.0. The van der Waals surface area contributed by atoms with Crippen molar-refractivity contribution in [2.75, 3.05) is 13.2 Å². The monoisotopic (exact) mass is 318 g/mol. The van der Waals surface area contributed by atoms with Gasteiger partial charge in [0, 0.05) is 18.0 Å². The van der Waals surface area contributed by atoms with E-state index in [2.05, 4.69) is 5.32 Å². The van der Waals surface area contributed by atoms with Gasteiger partial charge in [0.1, 0.15) is 0 Å². The van der Waals surface area contributed by atoms with Gasteiger partial charge in [0.15, 0.2) is 0 Å². The molecular formula is C12H18N2O4S2. The van der Waals surface area contributed by atoms with Gasteiger partial charge in [-0.2, -0.15) is 0 Å². The molecule has 1 aromatic heterocycles. The Balaban J connectivity index is 2.07. The molecule has 1 aliphatic rings. The number of hydrogen-bond donors (Lipinski definition) is 2. The van der Waals surface area contributed by atoms with Gasteiger partial charge in [-0.05, 0) is 32.8 Å². The Morgan fingerprint density at radius 1 is 1.60 bits per heavy atom. The number of primary sulfonamides is 1. The Labute approximate surface area is 122 Å². The van der Waals surface area contributed by atoms with E-state index in [0.29, 0.717) is 22.9 Å². The van der Waals surface area contributed by atoms with Crippen LogP contribution >= 0.6 is 11.3 Å². The van der Waals surface area contributed by atoms with Gasteiger partial charge in [-0.15, -0.1) is 11.3 Å². The molecule has 1 amide bonds. The fourth-order valence-corrected chi connectivity index (χ4v) is 4.25. The smallest absolute Gasteiger partial charge is 0.261 e. The molecule has 20 heavy (non-hydrogen) atoms. The normalized spacial score (nSPS) is 22.9. The first kappa shape index (κ1) is 15.4. The molecule has 8 heteroatoms. The van der Waals surface area contributed by atoms with E-state index in [1.807, 2.05) is 6.92 Å². The molecule has 2 heterocycles. The zero-order valence-electron chi connectivity index (χ0n) is 11.4. The van der Waals surface area contributed by atoms with Crippen molar-refractivity contribution in [3.05, 3.63) is 15.8 Å². The Bertz CT molecular complexity index is 615. The standard InChI is InChI=1S/C12H18N2O4S2/c1-8-10(20(13,16)17)6-9(19-8)11(15)14-7-12(2)4-3-5-18-12/h6H,3-5,7H2,1-2H3,(H,14,15)(H2,13,16,17). The summed E-state index contributed by atoms with van der Waals surface area (Å²) in [5.41, 5.74) is -0.329. The number of nitrogens with one attached hydrogen (secondary N) is 1. The van der Waals surface area contributed by atoms with Crippen molar-refractivity contribution in [2.45, 2.75) is 37.2 Å². The van der Waals surface area contributed by atoms with E-state index in [1.165, 1.54) is 6.07 Å². The molecule has 6 nitrogen and oxygen atoms in total. The Hall–Kier alpha value is -0.960. The highest BCUT2D eigenvalue weighted by Gasteiger charge is 2.30. The molecule has 0 bridgehead atoms. The molecule has 3 N–H and O–H groups in total. The topological polar surface area (TPSA) is 98.5 Å². The predicted molar refractivity (Wildman–Crippen MR) is 76.4 cm³/mol. The number of carbonyl (C=O) groups is 1. The molecule has 1 atom stereocenters. The first-order valence-corrected chi connectivity index (χ1v) is 8.63. The lowest BCUT2D eigenvalue weighted by Gasteiger charge is -2.23. The number of hydrogen-bond acceptors (Lipinski definition) is 5. The summed E-state index contributed by atoms with van der Waals surface area (Å²) in [7, 11) is -3.78. The number of sulfonamides is 1. The van der Waals surface area contributed by atoms with E-state index in [4.69, 9.17) is 9.88 Å². The Morgan fingerprint density at radius 3 is 2.80 bits per heavy atom. The highest BCUT2D eigenvalue weighted by molar-refractivity contribution is 7.89. The average Bonchev–Trinajstić information content (AvgIpc) is 2.92. The Morgan fingerprint density at radius 2 is 2.30 bits per heavy atom. The zero-order chi connectivity index (χ0) is 15.0. The van der Waals surface area contributed by atoms with Crippen molar-refractivity contribution in [2.24, 2.45) is 5.14 Å². The van der Waals surface area contributed by atoms with Crippen LogP contribution in [0.3, 0.4) is 0 Å². The number of rotatable bonds is 4. The van der Waals surface area contributed by atoms with Gasteiger partial charge in [-0.3, -0.25) is 4.79 Å². The first-order chi connectivity index (χ1) is 9.21. The lowest BCUT2D eigenvalue weighted by Crippen LogP contribution is -2.39. The van der Waals surface area contributed by atoms with Crippen LogP contribution in [0.5, 0.6) is 0 Å². The van der Waals surface area contributed by atoms with Gasteiger partial charge >= 0.3 is 0 Å². The highest BCUT2D eigenvalue weighted by atomic mass is 32.2. The summed E-state index contributed by atoms with van der Waals surface area (Å²) in [5.74, 6) is -0.301. The van der Waals surface area contributed by atoms with Crippen molar-refractivity contribution >= 4 is 27.3 Å². The van der Waals surface area contributed by atoms with E-state index in [0.717, 1.165) is 24.2 Å².